The van der Waals surface area contributed by atoms with E-state index in [1.54, 1.807) is 12.1 Å². The zero-order valence-corrected chi connectivity index (χ0v) is 10.1. The molecule has 90 valence electrons. The minimum absolute atomic E-state index is 0.272. The average molecular weight is 244 g/mol. The summed E-state index contributed by atoms with van der Waals surface area (Å²) in [5.41, 5.74) is 3.33. The lowest BCUT2D eigenvalue weighted by molar-refractivity contribution is 0.248. The van der Waals surface area contributed by atoms with Crippen molar-refractivity contribution < 1.29 is 14.0 Å². The molecule has 0 aliphatic carbocycles. The maximum absolute atomic E-state index is 11.4. The summed E-state index contributed by atoms with van der Waals surface area (Å²) in [6, 6.07) is 9.06. The van der Waals surface area contributed by atoms with E-state index in [4.69, 9.17) is 4.52 Å². The highest BCUT2D eigenvalue weighted by atomic mass is 31.2. The molecular formula is C10H17N2O3P. The number of para-hydroxylation sites is 1. The van der Waals surface area contributed by atoms with Crippen molar-refractivity contribution in [1.82, 2.24) is 5.20 Å². The van der Waals surface area contributed by atoms with Gasteiger partial charge in [-0.15, -0.1) is 5.20 Å². The maximum Gasteiger partial charge on any atom is 0.420 e. The molecule has 1 aromatic carbocycles. The topological polar surface area (TPSA) is 70.6 Å². The summed E-state index contributed by atoms with van der Waals surface area (Å²) in [7, 11) is -3.75. The van der Waals surface area contributed by atoms with Crippen molar-refractivity contribution in [2.45, 2.75) is 19.8 Å². The summed E-state index contributed by atoms with van der Waals surface area (Å²) >= 11 is 0. The van der Waals surface area contributed by atoms with E-state index in [0.29, 0.717) is 5.69 Å². The van der Waals surface area contributed by atoms with E-state index in [1.807, 2.05) is 25.1 Å². The Kier molecular flexibility index (Phi) is 5.49. The molecule has 0 radical (unpaired) electrons. The molecule has 0 saturated carbocycles. The van der Waals surface area contributed by atoms with Crippen LogP contribution in [0.5, 0.6) is 0 Å². The molecule has 5 nitrogen and oxygen atoms in total. The van der Waals surface area contributed by atoms with Crippen LogP contribution in [0.1, 0.15) is 19.8 Å². The Bertz CT molecular complexity index is 345. The molecular weight excluding hydrogens is 227 g/mol. The van der Waals surface area contributed by atoms with Crippen LogP contribution in [0, 0.1) is 0 Å². The lowest BCUT2D eigenvalue weighted by atomic mass is 10.3. The third-order valence-electron chi connectivity index (χ3n) is 1.88. The quantitative estimate of drug-likeness (QED) is 0.390. The van der Waals surface area contributed by atoms with Gasteiger partial charge in [-0.05, 0) is 18.6 Å². The van der Waals surface area contributed by atoms with Crippen molar-refractivity contribution >= 4 is 13.4 Å². The fourth-order valence-corrected chi connectivity index (χ4v) is 1.73. The highest BCUT2D eigenvalue weighted by Crippen LogP contribution is 2.36. The van der Waals surface area contributed by atoms with Gasteiger partial charge in [0.1, 0.15) is 0 Å². The molecule has 0 fully saturated rings. The van der Waals surface area contributed by atoms with Gasteiger partial charge in [0.2, 0.25) is 0 Å². The van der Waals surface area contributed by atoms with Gasteiger partial charge in [-0.1, -0.05) is 31.5 Å². The largest absolute Gasteiger partial charge is 0.420 e. The standard InChI is InChI=1S/C10H17N2O3P/c1-2-3-9-15-16(13,14)12-11-10-7-5-4-6-8-10/h4-8,11H,2-3,9H2,1H3,(H2,12,13,14). The van der Waals surface area contributed by atoms with E-state index < -0.39 is 7.75 Å². The zero-order valence-electron chi connectivity index (χ0n) is 9.22. The second kappa shape index (κ2) is 6.66. The lowest BCUT2D eigenvalue weighted by Gasteiger charge is -2.14. The van der Waals surface area contributed by atoms with Gasteiger partial charge >= 0.3 is 7.75 Å². The van der Waals surface area contributed by atoms with Crippen LogP contribution < -0.4 is 10.6 Å². The Morgan fingerprint density at radius 2 is 2.06 bits per heavy atom. The van der Waals surface area contributed by atoms with E-state index in [1.165, 1.54) is 0 Å². The number of anilines is 1. The normalized spacial score (nSPS) is 14.4. The predicted octanol–water partition coefficient (Wildman–Crippen LogP) is 2.52. The number of hydrogen-bond acceptors (Lipinski definition) is 3. The number of hydrazine groups is 1. The van der Waals surface area contributed by atoms with Gasteiger partial charge in [0.15, 0.2) is 0 Å². The van der Waals surface area contributed by atoms with Gasteiger partial charge in [-0.3, -0.25) is 4.52 Å². The van der Waals surface area contributed by atoms with Crippen LogP contribution in [0.15, 0.2) is 30.3 Å². The molecule has 0 aliphatic heterocycles. The molecule has 1 atom stereocenters. The van der Waals surface area contributed by atoms with Crippen molar-refractivity contribution in [2.75, 3.05) is 12.0 Å². The van der Waals surface area contributed by atoms with Crippen LogP contribution in [-0.4, -0.2) is 11.5 Å². The first-order valence-electron chi connectivity index (χ1n) is 5.20. The van der Waals surface area contributed by atoms with Crippen LogP contribution in [-0.2, 0) is 9.09 Å². The molecule has 0 spiro atoms. The van der Waals surface area contributed by atoms with E-state index in [9.17, 15) is 9.46 Å². The summed E-state index contributed by atoms with van der Waals surface area (Å²) < 4.78 is 16.3. The lowest BCUT2D eigenvalue weighted by Crippen LogP contribution is -2.19. The third-order valence-corrected chi connectivity index (χ3v) is 2.81. The van der Waals surface area contributed by atoms with Crippen molar-refractivity contribution in [3.63, 3.8) is 0 Å². The molecule has 0 heterocycles. The second-order valence-corrected chi connectivity index (χ2v) is 4.83. The molecule has 0 aliphatic rings. The minimum Gasteiger partial charge on any atom is -0.312 e. The van der Waals surface area contributed by atoms with Crippen molar-refractivity contribution in [3.05, 3.63) is 30.3 Å². The number of nitrogens with one attached hydrogen (secondary N) is 2. The fourth-order valence-electron chi connectivity index (χ4n) is 1.02. The Labute approximate surface area is 95.4 Å². The molecule has 1 aromatic rings. The Balaban J connectivity index is 2.33. The van der Waals surface area contributed by atoms with E-state index >= 15 is 0 Å². The Morgan fingerprint density at radius 1 is 1.38 bits per heavy atom. The molecule has 16 heavy (non-hydrogen) atoms. The first-order chi connectivity index (χ1) is 7.64. The Morgan fingerprint density at radius 3 is 2.69 bits per heavy atom. The second-order valence-electron chi connectivity index (χ2n) is 3.31. The summed E-state index contributed by atoms with van der Waals surface area (Å²) in [5, 5.41) is 2.27. The van der Waals surface area contributed by atoms with Gasteiger partial charge in [0.25, 0.3) is 0 Å². The number of hydrogen-bond donors (Lipinski definition) is 3. The van der Waals surface area contributed by atoms with Gasteiger partial charge in [-0.2, -0.15) is 0 Å². The summed E-state index contributed by atoms with van der Waals surface area (Å²) in [5.74, 6) is 0. The summed E-state index contributed by atoms with van der Waals surface area (Å²) in [6.45, 7) is 2.26. The highest BCUT2D eigenvalue weighted by molar-refractivity contribution is 7.50. The molecule has 0 bridgehead atoms. The van der Waals surface area contributed by atoms with E-state index in [2.05, 4.69) is 10.6 Å². The SMILES string of the molecule is CCCCOP(=O)(O)NNc1ccccc1. The molecule has 0 aromatic heterocycles. The van der Waals surface area contributed by atoms with Crippen LogP contribution in [0.2, 0.25) is 0 Å². The first kappa shape index (κ1) is 13.2. The van der Waals surface area contributed by atoms with Crippen LogP contribution in [0.4, 0.5) is 5.69 Å². The highest BCUT2D eigenvalue weighted by Gasteiger charge is 2.17. The number of rotatable bonds is 7. The van der Waals surface area contributed by atoms with Gasteiger partial charge in [0.05, 0.1) is 6.61 Å². The monoisotopic (exact) mass is 244 g/mol. The first-order valence-corrected chi connectivity index (χ1v) is 6.77. The predicted molar refractivity (Wildman–Crippen MR) is 63.9 cm³/mol. The zero-order chi connectivity index (χ0) is 11.9. The average Bonchev–Trinajstić information content (AvgIpc) is 2.28. The maximum atomic E-state index is 11.4. The van der Waals surface area contributed by atoms with Crippen molar-refractivity contribution in [2.24, 2.45) is 0 Å². The van der Waals surface area contributed by atoms with Crippen LogP contribution >= 0.6 is 7.75 Å². The molecule has 6 heteroatoms. The van der Waals surface area contributed by atoms with E-state index in [0.717, 1.165) is 12.8 Å². The minimum atomic E-state index is -3.75. The molecule has 1 rings (SSSR count). The van der Waals surface area contributed by atoms with Gasteiger partial charge < -0.3 is 10.3 Å². The fraction of sp³-hybridized carbons (Fsp3) is 0.400. The molecule has 0 amide bonds. The van der Waals surface area contributed by atoms with Gasteiger partial charge in [-0.25, -0.2) is 4.57 Å². The van der Waals surface area contributed by atoms with Crippen LogP contribution in [0.25, 0.3) is 0 Å². The molecule has 3 N–H and O–H groups in total. The Hall–Kier alpha value is -0.870. The van der Waals surface area contributed by atoms with Crippen molar-refractivity contribution in [1.29, 1.82) is 0 Å². The molecule has 1 unspecified atom stereocenters. The third kappa shape index (κ3) is 5.28. The number of unbranched alkanes of at least 4 members (excludes halogenated alkanes) is 1. The molecule has 0 saturated heterocycles. The van der Waals surface area contributed by atoms with Crippen LogP contribution in [0.3, 0.4) is 0 Å². The van der Waals surface area contributed by atoms with Crippen molar-refractivity contribution in [3.8, 4) is 0 Å². The summed E-state index contributed by atoms with van der Waals surface area (Å²) in [4.78, 5) is 9.36. The van der Waals surface area contributed by atoms with Gasteiger partial charge in [0, 0.05) is 5.69 Å². The smallest absolute Gasteiger partial charge is 0.312 e. The summed E-state index contributed by atoms with van der Waals surface area (Å²) in [6.07, 6.45) is 1.68. The van der Waals surface area contributed by atoms with E-state index in [-0.39, 0.29) is 6.61 Å². The number of benzene rings is 1.